The molecule has 0 aliphatic heterocycles. The van der Waals surface area contributed by atoms with Crippen LogP contribution in [0.4, 0.5) is 5.69 Å². The van der Waals surface area contributed by atoms with Crippen LogP contribution >= 0.6 is 0 Å². The lowest BCUT2D eigenvalue weighted by Gasteiger charge is -2.13. The number of nitrogens with two attached hydrogens (primary N) is 1. The largest absolute Gasteiger partial charge is 0.399 e. The van der Waals surface area contributed by atoms with Crippen molar-refractivity contribution in [2.45, 2.75) is 26.3 Å². The number of hydrogen-bond acceptors (Lipinski definition) is 3. The molecule has 106 valence electrons. The minimum Gasteiger partial charge on any atom is -0.399 e. The Bertz CT molecular complexity index is 618. The number of hydrogen-bond donors (Lipinski definition) is 2. The van der Waals surface area contributed by atoms with E-state index in [2.05, 4.69) is 10.4 Å². The Hall–Kier alpha value is -2.30. The van der Waals surface area contributed by atoms with Gasteiger partial charge in [0.05, 0.1) is 12.1 Å². The lowest BCUT2D eigenvalue weighted by atomic mass is 10.00. The van der Waals surface area contributed by atoms with Gasteiger partial charge in [0, 0.05) is 30.5 Å². The van der Waals surface area contributed by atoms with Crippen LogP contribution in [0.15, 0.2) is 30.5 Å². The third kappa shape index (κ3) is 2.99. The number of aryl methyl sites for hydroxylation is 1. The van der Waals surface area contributed by atoms with Crippen molar-refractivity contribution in [2.75, 3.05) is 5.73 Å². The van der Waals surface area contributed by atoms with Crippen molar-refractivity contribution in [3.05, 3.63) is 47.3 Å². The van der Waals surface area contributed by atoms with E-state index in [1.54, 1.807) is 10.9 Å². The van der Waals surface area contributed by atoms with E-state index in [4.69, 9.17) is 5.73 Å². The normalized spacial score (nSPS) is 12.2. The highest BCUT2D eigenvalue weighted by Gasteiger charge is 2.15. The lowest BCUT2D eigenvalue weighted by molar-refractivity contribution is -0.122. The summed E-state index contributed by atoms with van der Waals surface area (Å²) in [7, 11) is 1.88. The molecule has 1 aromatic carbocycles. The van der Waals surface area contributed by atoms with Crippen LogP contribution in [0.3, 0.4) is 0 Å². The molecule has 2 rings (SSSR count). The van der Waals surface area contributed by atoms with Gasteiger partial charge >= 0.3 is 0 Å². The highest BCUT2D eigenvalue weighted by molar-refractivity contribution is 5.83. The summed E-state index contributed by atoms with van der Waals surface area (Å²) < 4.78 is 1.79. The predicted octanol–water partition coefficient (Wildman–Crippen LogP) is 1.73. The van der Waals surface area contributed by atoms with Gasteiger partial charge in [0.15, 0.2) is 0 Å². The van der Waals surface area contributed by atoms with Gasteiger partial charge in [-0.3, -0.25) is 9.48 Å². The molecular formula is C15H20N4O. The maximum atomic E-state index is 12.2. The molecule has 1 heterocycles. The van der Waals surface area contributed by atoms with Gasteiger partial charge in [-0.05, 0) is 31.5 Å². The standard InChI is InChI=1S/C15H20N4O/c1-10(12-5-4-6-14(16)7-12)15(20)17-8-13-9-18-19(3)11(13)2/h4-7,9-10H,8,16H2,1-3H3,(H,17,20). The fourth-order valence-electron chi connectivity index (χ4n) is 2.03. The number of benzene rings is 1. The molecule has 3 N–H and O–H groups in total. The van der Waals surface area contributed by atoms with Crippen LogP contribution in [-0.4, -0.2) is 15.7 Å². The van der Waals surface area contributed by atoms with E-state index < -0.39 is 0 Å². The highest BCUT2D eigenvalue weighted by Crippen LogP contribution is 2.18. The quantitative estimate of drug-likeness (QED) is 0.832. The van der Waals surface area contributed by atoms with Crippen LogP contribution in [-0.2, 0) is 18.4 Å². The van der Waals surface area contributed by atoms with E-state index >= 15 is 0 Å². The fourth-order valence-corrected chi connectivity index (χ4v) is 2.03. The number of aromatic nitrogens is 2. The third-order valence-corrected chi connectivity index (χ3v) is 3.59. The molecule has 1 aromatic heterocycles. The van der Waals surface area contributed by atoms with Gasteiger partial charge in [-0.1, -0.05) is 12.1 Å². The zero-order valence-corrected chi connectivity index (χ0v) is 12.1. The number of rotatable bonds is 4. The van der Waals surface area contributed by atoms with Crippen molar-refractivity contribution in [1.29, 1.82) is 0 Å². The van der Waals surface area contributed by atoms with Crippen molar-refractivity contribution >= 4 is 11.6 Å². The number of anilines is 1. The van der Waals surface area contributed by atoms with Crippen LogP contribution in [0.5, 0.6) is 0 Å². The molecule has 5 nitrogen and oxygen atoms in total. The van der Waals surface area contributed by atoms with E-state index in [-0.39, 0.29) is 11.8 Å². The van der Waals surface area contributed by atoms with Crippen molar-refractivity contribution < 1.29 is 4.79 Å². The smallest absolute Gasteiger partial charge is 0.227 e. The Balaban J connectivity index is 2.00. The SMILES string of the molecule is Cc1c(CNC(=O)C(C)c2cccc(N)c2)cnn1C. The molecule has 0 fully saturated rings. The molecule has 1 atom stereocenters. The molecule has 0 bridgehead atoms. The summed E-state index contributed by atoms with van der Waals surface area (Å²) in [6.07, 6.45) is 1.78. The first kappa shape index (κ1) is 14.1. The van der Waals surface area contributed by atoms with E-state index in [1.165, 1.54) is 0 Å². The van der Waals surface area contributed by atoms with Gasteiger partial charge in [0.2, 0.25) is 5.91 Å². The zero-order chi connectivity index (χ0) is 14.7. The third-order valence-electron chi connectivity index (χ3n) is 3.59. The Labute approximate surface area is 118 Å². The average Bonchev–Trinajstić information content (AvgIpc) is 2.75. The molecule has 0 saturated carbocycles. The number of amides is 1. The van der Waals surface area contributed by atoms with E-state index in [0.29, 0.717) is 12.2 Å². The first-order valence-corrected chi connectivity index (χ1v) is 6.59. The van der Waals surface area contributed by atoms with Gasteiger partial charge in [0.1, 0.15) is 0 Å². The first-order valence-electron chi connectivity index (χ1n) is 6.59. The molecule has 20 heavy (non-hydrogen) atoms. The van der Waals surface area contributed by atoms with E-state index in [9.17, 15) is 4.79 Å². The highest BCUT2D eigenvalue weighted by atomic mass is 16.1. The summed E-state index contributed by atoms with van der Waals surface area (Å²) in [5.41, 5.74) is 9.42. The topological polar surface area (TPSA) is 72.9 Å². The molecule has 0 saturated heterocycles. The van der Waals surface area contributed by atoms with Crippen molar-refractivity contribution in [3.63, 3.8) is 0 Å². The molecule has 1 unspecified atom stereocenters. The summed E-state index contributed by atoms with van der Waals surface area (Å²) in [5, 5.41) is 7.10. The molecular weight excluding hydrogens is 252 g/mol. The van der Waals surface area contributed by atoms with E-state index in [1.807, 2.05) is 45.2 Å². The van der Waals surface area contributed by atoms with Gasteiger partial charge in [-0.2, -0.15) is 5.10 Å². The summed E-state index contributed by atoms with van der Waals surface area (Å²) in [6.45, 7) is 4.35. The molecule has 0 spiro atoms. The zero-order valence-electron chi connectivity index (χ0n) is 12.1. The monoisotopic (exact) mass is 272 g/mol. The van der Waals surface area contributed by atoms with Crippen LogP contribution in [0, 0.1) is 6.92 Å². The van der Waals surface area contributed by atoms with Crippen LogP contribution in [0.1, 0.15) is 29.7 Å². The lowest BCUT2D eigenvalue weighted by Crippen LogP contribution is -2.27. The maximum Gasteiger partial charge on any atom is 0.227 e. The van der Waals surface area contributed by atoms with Crippen LogP contribution in [0.25, 0.3) is 0 Å². The maximum absolute atomic E-state index is 12.2. The van der Waals surface area contributed by atoms with Crippen LogP contribution < -0.4 is 11.1 Å². The fraction of sp³-hybridized carbons (Fsp3) is 0.333. The molecule has 5 heteroatoms. The second-order valence-corrected chi connectivity index (χ2v) is 4.99. The summed E-state index contributed by atoms with van der Waals surface area (Å²) in [5.74, 6) is -0.241. The summed E-state index contributed by atoms with van der Waals surface area (Å²) >= 11 is 0. The summed E-state index contributed by atoms with van der Waals surface area (Å²) in [6, 6.07) is 7.42. The predicted molar refractivity (Wildman–Crippen MR) is 79.1 cm³/mol. The Morgan fingerprint density at radius 1 is 1.50 bits per heavy atom. The minimum atomic E-state index is -0.226. The Kier molecular flexibility index (Phi) is 4.08. The number of carbonyl (C=O) groups is 1. The molecule has 2 aromatic rings. The number of nitrogens with one attached hydrogen (secondary N) is 1. The van der Waals surface area contributed by atoms with Crippen molar-refractivity contribution in [2.24, 2.45) is 7.05 Å². The van der Waals surface area contributed by atoms with E-state index in [0.717, 1.165) is 16.8 Å². The first-order chi connectivity index (χ1) is 9.49. The van der Waals surface area contributed by atoms with Gasteiger partial charge in [-0.15, -0.1) is 0 Å². The summed E-state index contributed by atoms with van der Waals surface area (Å²) in [4.78, 5) is 12.2. The Morgan fingerprint density at radius 2 is 2.25 bits per heavy atom. The second kappa shape index (κ2) is 5.77. The molecule has 1 amide bonds. The van der Waals surface area contributed by atoms with Gasteiger partial charge in [-0.25, -0.2) is 0 Å². The van der Waals surface area contributed by atoms with Crippen LogP contribution in [0.2, 0.25) is 0 Å². The minimum absolute atomic E-state index is 0.0150. The van der Waals surface area contributed by atoms with Gasteiger partial charge in [0.25, 0.3) is 0 Å². The molecule has 0 radical (unpaired) electrons. The number of carbonyl (C=O) groups excluding carboxylic acids is 1. The number of nitrogens with zero attached hydrogens (tertiary/aromatic N) is 2. The van der Waals surface area contributed by atoms with Crippen molar-refractivity contribution in [1.82, 2.24) is 15.1 Å². The van der Waals surface area contributed by atoms with Crippen molar-refractivity contribution in [3.8, 4) is 0 Å². The molecule has 0 aliphatic rings. The Morgan fingerprint density at radius 3 is 2.85 bits per heavy atom. The number of nitrogen functional groups attached to an aromatic ring is 1. The second-order valence-electron chi connectivity index (χ2n) is 4.99. The molecule has 0 aliphatic carbocycles. The average molecular weight is 272 g/mol. The van der Waals surface area contributed by atoms with Gasteiger partial charge < -0.3 is 11.1 Å².